The van der Waals surface area contributed by atoms with Crippen LogP contribution in [0.3, 0.4) is 0 Å². The van der Waals surface area contributed by atoms with E-state index in [2.05, 4.69) is 15.4 Å². The van der Waals surface area contributed by atoms with Gasteiger partial charge in [0.2, 0.25) is 11.9 Å². The molecule has 27 heavy (non-hydrogen) atoms. The molecule has 0 bridgehead atoms. The largest absolute Gasteiger partial charge is 0.480 e. The summed E-state index contributed by atoms with van der Waals surface area (Å²) in [6.45, 7) is 3.72. The lowest BCUT2D eigenvalue weighted by Crippen LogP contribution is -2.21. The number of aromatic nitrogens is 4. The molecule has 3 aromatic rings. The SMILES string of the molecule is CCn1nc(C)cc1C(=O)Nc1nc2cc(C(N)=O)ccc2n1CC(=O)O. The Kier molecular flexibility index (Phi) is 4.63. The number of fused-ring (bicyclic) bond motifs is 1. The number of aliphatic carboxylic acids is 1. The number of carbonyl (C=O) groups excluding carboxylic acids is 2. The standard InChI is InChI=1S/C17H18N6O4/c1-3-23-13(6-9(2)21-23)16(27)20-17-19-11-7-10(15(18)26)4-5-12(11)22(17)8-14(24)25/h4-7H,3,8H2,1-2H3,(H2,18,26)(H,24,25)(H,19,20,27). The van der Waals surface area contributed by atoms with Gasteiger partial charge in [0, 0.05) is 12.1 Å². The zero-order chi connectivity index (χ0) is 19.7. The zero-order valence-electron chi connectivity index (χ0n) is 14.8. The van der Waals surface area contributed by atoms with Crippen LogP contribution in [0.5, 0.6) is 0 Å². The number of benzene rings is 1. The third-order valence-corrected chi connectivity index (χ3v) is 3.99. The molecule has 140 valence electrons. The van der Waals surface area contributed by atoms with E-state index in [1.165, 1.54) is 16.7 Å². The molecule has 4 N–H and O–H groups in total. The van der Waals surface area contributed by atoms with Gasteiger partial charge in [-0.15, -0.1) is 0 Å². The Balaban J connectivity index is 2.04. The molecule has 0 saturated heterocycles. The van der Waals surface area contributed by atoms with Crippen LogP contribution < -0.4 is 11.1 Å². The van der Waals surface area contributed by atoms with Crippen molar-refractivity contribution in [3.63, 3.8) is 0 Å². The minimum Gasteiger partial charge on any atom is -0.480 e. The number of carboxylic acids is 1. The number of rotatable bonds is 6. The molecule has 1 aromatic carbocycles. The summed E-state index contributed by atoms with van der Waals surface area (Å²) in [6, 6.07) is 6.10. The predicted octanol–water partition coefficient (Wildman–Crippen LogP) is 0.997. The summed E-state index contributed by atoms with van der Waals surface area (Å²) >= 11 is 0. The van der Waals surface area contributed by atoms with Crippen LogP contribution >= 0.6 is 0 Å². The number of hydrogen-bond acceptors (Lipinski definition) is 5. The van der Waals surface area contributed by atoms with Crippen LogP contribution in [-0.2, 0) is 17.9 Å². The normalized spacial score (nSPS) is 10.9. The average Bonchev–Trinajstić information content (AvgIpc) is 3.14. The lowest BCUT2D eigenvalue weighted by molar-refractivity contribution is -0.137. The van der Waals surface area contributed by atoms with Gasteiger partial charge in [0.25, 0.3) is 5.91 Å². The molecule has 0 aliphatic carbocycles. The molecular formula is C17H18N6O4. The molecule has 0 aliphatic rings. The van der Waals surface area contributed by atoms with Crippen molar-refractivity contribution in [2.24, 2.45) is 5.73 Å². The van der Waals surface area contributed by atoms with Gasteiger partial charge in [-0.3, -0.25) is 28.9 Å². The first kappa shape index (κ1) is 18.1. The van der Waals surface area contributed by atoms with Crippen LogP contribution in [0, 0.1) is 6.92 Å². The first-order valence-electron chi connectivity index (χ1n) is 8.17. The van der Waals surface area contributed by atoms with Crippen molar-refractivity contribution >= 4 is 34.8 Å². The summed E-state index contributed by atoms with van der Waals surface area (Å²) in [6.07, 6.45) is 0. The Morgan fingerprint density at radius 3 is 2.63 bits per heavy atom. The number of aryl methyl sites for hydroxylation is 2. The van der Waals surface area contributed by atoms with Crippen LogP contribution in [0.15, 0.2) is 24.3 Å². The third kappa shape index (κ3) is 3.50. The quantitative estimate of drug-likeness (QED) is 0.590. The van der Waals surface area contributed by atoms with E-state index in [4.69, 9.17) is 5.73 Å². The maximum atomic E-state index is 12.7. The maximum Gasteiger partial charge on any atom is 0.323 e. The van der Waals surface area contributed by atoms with E-state index in [0.29, 0.717) is 29.0 Å². The summed E-state index contributed by atoms with van der Waals surface area (Å²) in [5, 5.41) is 16.0. The molecular weight excluding hydrogens is 352 g/mol. The van der Waals surface area contributed by atoms with Crippen LogP contribution in [0.2, 0.25) is 0 Å². The van der Waals surface area contributed by atoms with E-state index in [-0.39, 0.29) is 11.5 Å². The Hall–Kier alpha value is -3.69. The van der Waals surface area contributed by atoms with Gasteiger partial charge in [0.15, 0.2) is 0 Å². The number of amides is 2. The summed E-state index contributed by atoms with van der Waals surface area (Å²) in [5.74, 6) is -2.13. The highest BCUT2D eigenvalue weighted by molar-refractivity contribution is 6.03. The topological polar surface area (TPSA) is 145 Å². The average molecular weight is 370 g/mol. The van der Waals surface area contributed by atoms with Gasteiger partial charge < -0.3 is 10.8 Å². The molecule has 0 saturated carbocycles. The second-order valence-corrected chi connectivity index (χ2v) is 5.92. The van der Waals surface area contributed by atoms with Gasteiger partial charge in [-0.1, -0.05) is 0 Å². The highest BCUT2D eigenvalue weighted by atomic mass is 16.4. The Morgan fingerprint density at radius 1 is 1.26 bits per heavy atom. The second-order valence-electron chi connectivity index (χ2n) is 5.92. The fourth-order valence-corrected chi connectivity index (χ4v) is 2.81. The summed E-state index contributed by atoms with van der Waals surface area (Å²) < 4.78 is 2.89. The molecule has 0 aliphatic heterocycles. The lowest BCUT2D eigenvalue weighted by Gasteiger charge is -2.08. The molecule has 2 heterocycles. The van der Waals surface area contributed by atoms with Gasteiger partial charge in [-0.25, -0.2) is 4.98 Å². The highest BCUT2D eigenvalue weighted by Crippen LogP contribution is 2.22. The highest BCUT2D eigenvalue weighted by Gasteiger charge is 2.19. The van der Waals surface area contributed by atoms with E-state index >= 15 is 0 Å². The van der Waals surface area contributed by atoms with Gasteiger partial charge in [-0.2, -0.15) is 5.10 Å². The van der Waals surface area contributed by atoms with Gasteiger partial charge in [0.05, 0.1) is 16.7 Å². The van der Waals surface area contributed by atoms with Crippen molar-refractivity contribution in [2.75, 3.05) is 5.32 Å². The second kappa shape index (κ2) is 6.90. The number of nitrogens with zero attached hydrogens (tertiary/aromatic N) is 4. The maximum absolute atomic E-state index is 12.7. The molecule has 0 fully saturated rings. The van der Waals surface area contributed by atoms with E-state index in [0.717, 1.165) is 0 Å². The van der Waals surface area contributed by atoms with Crippen molar-refractivity contribution in [3.8, 4) is 0 Å². The third-order valence-electron chi connectivity index (χ3n) is 3.99. The fourth-order valence-electron chi connectivity index (χ4n) is 2.81. The van der Waals surface area contributed by atoms with Crippen LogP contribution in [0.1, 0.15) is 33.5 Å². The van der Waals surface area contributed by atoms with E-state index < -0.39 is 24.3 Å². The number of imidazole rings is 1. The smallest absolute Gasteiger partial charge is 0.323 e. The number of anilines is 1. The minimum absolute atomic E-state index is 0.0560. The zero-order valence-corrected chi connectivity index (χ0v) is 14.8. The molecule has 0 spiro atoms. The van der Waals surface area contributed by atoms with E-state index in [1.54, 1.807) is 23.7 Å². The lowest BCUT2D eigenvalue weighted by atomic mass is 10.2. The molecule has 10 nitrogen and oxygen atoms in total. The Bertz CT molecular complexity index is 1060. The van der Waals surface area contributed by atoms with Gasteiger partial charge >= 0.3 is 5.97 Å². The van der Waals surface area contributed by atoms with Crippen molar-refractivity contribution in [1.82, 2.24) is 19.3 Å². The number of nitrogens with one attached hydrogen (secondary N) is 1. The van der Waals surface area contributed by atoms with Crippen LogP contribution in [-0.4, -0.2) is 42.2 Å². The van der Waals surface area contributed by atoms with Crippen LogP contribution in [0.25, 0.3) is 11.0 Å². The fraction of sp³-hybridized carbons (Fsp3) is 0.235. The van der Waals surface area contributed by atoms with Gasteiger partial charge in [0.1, 0.15) is 12.2 Å². The minimum atomic E-state index is -1.10. The Labute approximate surface area is 153 Å². The van der Waals surface area contributed by atoms with Gasteiger partial charge in [-0.05, 0) is 38.1 Å². The number of nitrogens with two attached hydrogens (primary N) is 1. The van der Waals surface area contributed by atoms with Crippen molar-refractivity contribution < 1.29 is 19.5 Å². The molecule has 3 rings (SSSR count). The molecule has 0 radical (unpaired) electrons. The molecule has 0 atom stereocenters. The number of hydrogen-bond donors (Lipinski definition) is 3. The molecule has 2 amide bonds. The number of carboxylic acid groups (broad SMARTS) is 1. The van der Waals surface area contributed by atoms with Crippen molar-refractivity contribution in [3.05, 3.63) is 41.2 Å². The van der Waals surface area contributed by atoms with Crippen LogP contribution in [0.4, 0.5) is 5.95 Å². The molecule has 2 aromatic heterocycles. The van der Waals surface area contributed by atoms with Crippen molar-refractivity contribution in [1.29, 1.82) is 0 Å². The van der Waals surface area contributed by atoms with Crippen molar-refractivity contribution in [2.45, 2.75) is 26.9 Å². The summed E-state index contributed by atoms with van der Waals surface area (Å²) in [5.41, 5.74) is 7.34. The first-order valence-corrected chi connectivity index (χ1v) is 8.17. The van der Waals surface area contributed by atoms with E-state index in [1.807, 2.05) is 6.92 Å². The monoisotopic (exact) mass is 370 g/mol. The predicted molar refractivity (Wildman–Crippen MR) is 96.5 cm³/mol. The number of carbonyl (C=O) groups is 3. The number of primary amides is 1. The molecule has 0 unspecified atom stereocenters. The first-order chi connectivity index (χ1) is 12.8. The van der Waals surface area contributed by atoms with E-state index in [9.17, 15) is 19.5 Å². The summed E-state index contributed by atoms with van der Waals surface area (Å²) in [4.78, 5) is 39.5. The molecule has 10 heteroatoms. The Morgan fingerprint density at radius 2 is 2.00 bits per heavy atom. The summed E-state index contributed by atoms with van der Waals surface area (Å²) in [7, 11) is 0.